The monoisotopic (exact) mass is 232 g/mol. The maximum atomic E-state index is 11.9. The molecule has 0 saturated carbocycles. The topological polar surface area (TPSA) is 55.1 Å². The average Bonchev–Trinajstić information content (AvgIpc) is 2.49. The molecule has 1 aromatic carbocycles. The lowest BCUT2D eigenvalue weighted by atomic mass is 9.83. The van der Waals surface area contributed by atoms with Crippen LogP contribution >= 0.6 is 0 Å². The Bertz CT molecular complexity index is 489. The number of hydrogen-bond donors (Lipinski definition) is 2. The minimum atomic E-state index is -0.433. The minimum Gasteiger partial charge on any atom is -0.330 e. The van der Waals surface area contributed by atoms with Crippen LogP contribution in [0.2, 0.25) is 0 Å². The second-order valence-corrected chi connectivity index (χ2v) is 5.33. The Labute approximate surface area is 102 Å². The average molecular weight is 232 g/mol. The molecule has 1 heterocycles. The molecule has 0 aromatic heterocycles. The fourth-order valence-corrected chi connectivity index (χ4v) is 2.45. The lowest BCUT2D eigenvalue weighted by molar-refractivity contribution is -0.119. The Balaban J connectivity index is 2.65. The molecule has 3 nitrogen and oxygen atoms in total. The van der Waals surface area contributed by atoms with E-state index >= 15 is 0 Å². The largest absolute Gasteiger partial charge is 0.330 e. The molecule has 1 aliphatic heterocycles. The standard InChI is InChI=1S/C14H20N2O/c1-8-9(2)12-11(7-10(8)5-6-15)14(3,4)13(17)16-12/h7H,5-6,15H2,1-4H3,(H,16,17). The Kier molecular flexibility index (Phi) is 2.74. The Morgan fingerprint density at radius 3 is 2.53 bits per heavy atom. The van der Waals surface area contributed by atoms with Crippen LogP contribution in [0, 0.1) is 13.8 Å². The van der Waals surface area contributed by atoms with Crippen molar-refractivity contribution in [2.45, 2.75) is 39.5 Å². The second kappa shape index (κ2) is 3.84. The van der Waals surface area contributed by atoms with Gasteiger partial charge in [0, 0.05) is 5.69 Å². The van der Waals surface area contributed by atoms with Gasteiger partial charge >= 0.3 is 0 Å². The molecule has 0 fully saturated rings. The predicted octanol–water partition coefficient (Wildman–Crippen LogP) is 2.03. The lowest BCUT2D eigenvalue weighted by Crippen LogP contribution is -2.26. The van der Waals surface area contributed by atoms with Crippen LogP contribution < -0.4 is 11.1 Å². The normalized spacial score (nSPS) is 16.9. The molecule has 92 valence electrons. The highest BCUT2D eigenvalue weighted by Gasteiger charge is 2.39. The molecular weight excluding hydrogens is 212 g/mol. The van der Waals surface area contributed by atoms with Crippen molar-refractivity contribution in [3.63, 3.8) is 0 Å². The summed E-state index contributed by atoms with van der Waals surface area (Å²) in [7, 11) is 0. The second-order valence-electron chi connectivity index (χ2n) is 5.33. The fourth-order valence-electron chi connectivity index (χ4n) is 2.45. The molecule has 0 radical (unpaired) electrons. The predicted molar refractivity (Wildman–Crippen MR) is 70.3 cm³/mol. The van der Waals surface area contributed by atoms with Gasteiger partial charge in [-0.3, -0.25) is 4.79 Å². The van der Waals surface area contributed by atoms with Crippen molar-refractivity contribution in [1.82, 2.24) is 0 Å². The molecule has 3 N–H and O–H groups in total. The molecule has 3 heteroatoms. The van der Waals surface area contributed by atoms with Crippen LogP contribution in [0.4, 0.5) is 5.69 Å². The van der Waals surface area contributed by atoms with Gasteiger partial charge in [0.25, 0.3) is 0 Å². The molecule has 1 amide bonds. The van der Waals surface area contributed by atoms with Crippen molar-refractivity contribution in [1.29, 1.82) is 0 Å². The van der Waals surface area contributed by atoms with Gasteiger partial charge in [0.15, 0.2) is 0 Å². The SMILES string of the molecule is Cc1c(CCN)cc2c(c1C)NC(=O)C2(C)C. The highest BCUT2D eigenvalue weighted by Crippen LogP contribution is 2.41. The van der Waals surface area contributed by atoms with Gasteiger partial charge in [0.1, 0.15) is 0 Å². The van der Waals surface area contributed by atoms with Crippen molar-refractivity contribution in [3.05, 3.63) is 28.3 Å². The summed E-state index contributed by atoms with van der Waals surface area (Å²) in [6.45, 7) is 8.74. The number of hydrogen-bond acceptors (Lipinski definition) is 2. The fraction of sp³-hybridized carbons (Fsp3) is 0.500. The summed E-state index contributed by atoms with van der Waals surface area (Å²) in [4.78, 5) is 11.9. The van der Waals surface area contributed by atoms with Crippen LogP contribution in [0.15, 0.2) is 6.07 Å². The van der Waals surface area contributed by atoms with Crippen molar-refractivity contribution in [3.8, 4) is 0 Å². The molecule has 1 aliphatic rings. The highest BCUT2D eigenvalue weighted by atomic mass is 16.2. The quantitative estimate of drug-likeness (QED) is 0.819. The molecule has 0 unspecified atom stereocenters. The zero-order chi connectivity index (χ0) is 12.8. The van der Waals surface area contributed by atoms with E-state index in [2.05, 4.69) is 25.2 Å². The number of rotatable bonds is 2. The number of fused-ring (bicyclic) bond motifs is 1. The van der Waals surface area contributed by atoms with E-state index in [4.69, 9.17) is 5.73 Å². The summed E-state index contributed by atoms with van der Waals surface area (Å²) < 4.78 is 0. The van der Waals surface area contributed by atoms with Gasteiger partial charge in [-0.2, -0.15) is 0 Å². The summed E-state index contributed by atoms with van der Waals surface area (Å²) in [5.41, 5.74) is 11.0. The van der Waals surface area contributed by atoms with Gasteiger partial charge in [0.2, 0.25) is 5.91 Å². The zero-order valence-electron chi connectivity index (χ0n) is 11.0. The van der Waals surface area contributed by atoms with E-state index in [1.165, 1.54) is 16.7 Å². The maximum Gasteiger partial charge on any atom is 0.234 e. The maximum absolute atomic E-state index is 11.9. The summed E-state index contributed by atoms with van der Waals surface area (Å²) in [6.07, 6.45) is 0.865. The third kappa shape index (κ3) is 1.65. The molecule has 0 saturated heterocycles. The number of benzene rings is 1. The van der Waals surface area contributed by atoms with Crippen molar-refractivity contribution >= 4 is 11.6 Å². The summed E-state index contributed by atoms with van der Waals surface area (Å²) >= 11 is 0. The molecule has 17 heavy (non-hydrogen) atoms. The van der Waals surface area contributed by atoms with Crippen molar-refractivity contribution in [2.75, 3.05) is 11.9 Å². The summed E-state index contributed by atoms with van der Waals surface area (Å²) in [5.74, 6) is 0.0832. The van der Waals surface area contributed by atoms with Crippen LogP contribution in [-0.4, -0.2) is 12.5 Å². The van der Waals surface area contributed by atoms with Crippen molar-refractivity contribution in [2.24, 2.45) is 5.73 Å². The molecule has 2 rings (SSSR count). The Morgan fingerprint density at radius 1 is 1.29 bits per heavy atom. The van der Waals surface area contributed by atoms with Crippen LogP contribution in [-0.2, 0) is 16.6 Å². The number of nitrogens with two attached hydrogens (primary N) is 1. The van der Waals surface area contributed by atoms with E-state index in [1.807, 2.05) is 13.8 Å². The van der Waals surface area contributed by atoms with Gasteiger partial charge in [-0.1, -0.05) is 6.07 Å². The third-order valence-corrected chi connectivity index (χ3v) is 3.90. The third-order valence-electron chi connectivity index (χ3n) is 3.90. The van der Waals surface area contributed by atoms with Crippen LogP contribution in [0.5, 0.6) is 0 Å². The van der Waals surface area contributed by atoms with E-state index in [0.717, 1.165) is 17.7 Å². The number of anilines is 1. The van der Waals surface area contributed by atoms with Crippen molar-refractivity contribution < 1.29 is 4.79 Å². The van der Waals surface area contributed by atoms with E-state index in [-0.39, 0.29) is 5.91 Å². The number of nitrogens with one attached hydrogen (secondary N) is 1. The molecule has 0 aliphatic carbocycles. The van der Waals surface area contributed by atoms with Gasteiger partial charge in [-0.25, -0.2) is 0 Å². The number of carbonyl (C=O) groups excluding carboxylic acids is 1. The first-order chi connectivity index (χ1) is 7.89. The number of carbonyl (C=O) groups is 1. The van der Waals surface area contributed by atoms with Gasteiger partial charge in [-0.05, 0) is 62.9 Å². The van der Waals surface area contributed by atoms with Gasteiger partial charge in [-0.15, -0.1) is 0 Å². The van der Waals surface area contributed by atoms with E-state index in [0.29, 0.717) is 6.54 Å². The molecule has 0 bridgehead atoms. The Hall–Kier alpha value is -1.35. The first-order valence-electron chi connectivity index (χ1n) is 6.04. The van der Waals surface area contributed by atoms with E-state index in [1.54, 1.807) is 0 Å². The highest BCUT2D eigenvalue weighted by molar-refractivity contribution is 6.06. The van der Waals surface area contributed by atoms with Gasteiger partial charge in [0.05, 0.1) is 5.41 Å². The minimum absolute atomic E-state index is 0.0832. The summed E-state index contributed by atoms with van der Waals surface area (Å²) in [6, 6.07) is 2.14. The first-order valence-corrected chi connectivity index (χ1v) is 6.04. The molecule has 1 aromatic rings. The lowest BCUT2D eigenvalue weighted by Gasteiger charge is -2.18. The zero-order valence-corrected chi connectivity index (χ0v) is 11.0. The van der Waals surface area contributed by atoms with Crippen LogP contribution in [0.3, 0.4) is 0 Å². The van der Waals surface area contributed by atoms with Crippen LogP contribution in [0.1, 0.15) is 36.1 Å². The van der Waals surface area contributed by atoms with E-state index in [9.17, 15) is 4.79 Å². The van der Waals surface area contributed by atoms with Gasteiger partial charge < -0.3 is 11.1 Å². The number of amides is 1. The summed E-state index contributed by atoms with van der Waals surface area (Å²) in [5, 5.41) is 3.00. The molecule has 0 spiro atoms. The smallest absolute Gasteiger partial charge is 0.234 e. The molecule has 0 atom stereocenters. The van der Waals surface area contributed by atoms with Crippen LogP contribution in [0.25, 0.3) is 0 Å². The van der Waals surface area contributed by atoms with E-state index < -0.39 is 5.41 Å². The molecular formula is C14H20N2O. The Morgan fingerprint density at radius 2 is 1.94 bits per heavy atom. The first kappa shape index (κ1) is 12.1.